The van der Waals surface area contributed by atoms with Gasteiger partial charge in [0.1, 0.15) is 12.5 Å². The molecule has 1 saturated heterocycles. The van der Waals surface area contributed by atoms with Crippen molar-refractivity contribution in [2.45, 2.75) is 19.6 Å². The maximum absolute atomic E-state index is 11.9. The van der Waals surface area contributed by atoms with Gasteiger partial charge in [0.15, 0.2) is 0 Å². The number of carbonyl (C=O) groups excluding carboxylic acids is 2. The Hall–Kier alpha value is -2.08. The van der Waals surface area contributed by atoms with Gasteiger partial charge in [0.2, 0.25) is 0 Å². The van der Waals surface area contributed by atoms with Gasteiger partial charge in [-0.2, -0.15) is 0 Å². The summed E-state index contributed by atoms with van der Waals surface area (Å²) in [5.74, 6) is -1.18. The number of hydrogen-bond acceptors (Lipinski definition) is 5. The summed E-state index contributed by atoms with van der Waals surface area (Å²) in [4.78, 5) is 24.9. The Morgan fingerprint density at radius 2 is 1.95 bits per heavy atom. The summed E-state index contributed by atoms with van der Waals surface area (Å²) < 4.78 is 10.0. The van der Waals surface area contributed by atoms with Crippen LogP contribution >= 0.6 is 0 Å². The molecule has 0 bridgehead atoms. The van der Waals surface area contributed by atoms with Crippen LogP contribution in [0.1, 0.15) is 12.5 Å². The Labute approximate surface area is 123 Å². The van der Waals surface area contributed by atoms with Gasteiger partial charge in [0.05, 0.1) is 19.3 Å². The van der Waals surface area contributed by atoms with E-state index in [1.54, 1.807) is 6.92 Å². The summed E-state index contributed by atoms with van der Waals surface area (Å²) in [6.07, 6.45) is -1.45. The molecule has 1 N–H and O–H groups in total. The molecule has 1 aliphatic heterocycles. The highest BCUT2D eigenvalue weighted by molar-refractivity contribution is 5.76. The smallest absolute Gasteiger partial charge is 0.410 e. The predicted octanol–water partition coefficient (Wildman–Crippen LogP) is 1.18. The first kappa shape index (κ1) is 15.3. The van der Waals surface area contributed by atoms with E-state index in [0.717, 1.165) is 5.56 Å². The zero-order chi connectivity index (χ0) is 15.2. The third kappa shape index (κ3) is 3.95. The molecule has 21 heavy (non-hydrogen) atoms. The predicted molar refractivity (Wildman–Crippen MR) is 74.3 cm³/mol. The van der Waals surface area contributed by atoms with Gasteiger partial charge in [-0.3, -0.25) is 4.79 Å². The van der Waals surface area contributed by atoms with Crippen LogP contribution in [0.4, 0.5) is 4.79 Å². The van der Waals surface area contributed by atoms with Crippen molar-refractivity contribution < 1.29 is 24.2 Å². The summed E-state index contributed by atoms with van der Waals surface area (Å²) >= 11 is 0. The zero-order valence-corrected chi connectivity index (χ0v) is 11.9. The first-order valence-electron chi connectivity index (χ1n) is 6.92. The van der Waals surface area contributed by atoms with Crippen molar-refractivity contribution in [3.05, 3.63) is 35.9 Å². The van der Waals surface area contributed by atoms with E-state index in [0.29, 0.717) is 0 Å². The normalized spacial score (nSPS) is 21.1. The van der Waals surface area contributed by atoms with Gasteiger partial charge in [-0.05, 0) is 12.5 Å². The molecule has 0 aliphatic carbocycles. The molecule has 2 rings (SSSR count). The van der Waals surface area contributed by atoms with Crippen LogP contribution in [0.15, 0.2) is 30.3 Å². The van der Waals surface area contributed by atoms with Crippen molar-refractivity contribution in [2.24, 2.45) is 5.92 Å². The Morgan fingerprint density at radius 1 is 1.24 bits per heavy atom. The van der Waals surface area contributed by atoms with E-state index >= 15 is 0 Å². The van der Waals surface area contributed by atoms with E-state index in [9.17, 15) is 14.7 Å². The van der Waals surface area contributed by atoms with Gasteiger partial charge < -0.3 is 19.5 Å². The zero-order valence-electron chi connectivity index (χ0n) is 11.9. The molecule has 0 radical (unpaired) electrons. The van der Waals surface area contributed by atoms with E-state index in [2.05, 4.69) is 0 Å². The number of hydrogen-bond donors (Lipinski definition) is 1. The summed E-state index contributed by atoms with van der Waals surface area (Å²) in [6, 6.07) is 9.31. The highest BCUT2D eigenvalue weighted by atomic mass is 16.6. The fourth-order valence-corrected chi connectivity index (χ4v) is 2.23. The number of rotatable bonds is 4. The van der Waals surface area contributed by atoms with Crippen LogP contribution in [0.5, 0.6) is 0 Å². The Balaban J connectivity index is 1.85. The van der Waals surface area contributed by atoms with Crippen LogP contribution in [0.2, 0.25) is 0 Å². The minimum Gasteiger partial charge on any atom is -0.466 e. The number of aliphatic hydroxyl groups excluding tert-OH is 1. The van der Waals surface area contributed by atoms with Gasteiger partial charge in [-0.25, -0.2) is 4.79 Å². The summed E-state index contributed by atoms with van der Waals surface area (Å²) in [6.45, 7) is 2.31. The van der Waals surface area contributed by atoms with Crippen molar-refractivity contribution >= 4 is 12.1 Å². The molecule has 0 spiro atoms. The number of β-amino-alcohol motifs (C(OH)–C–C–N with tert-alkyl or cyclic N) is 1. The highest BCUT2D eigenvalue weighted by Crippen LogP contribution is 2.19. The van der Waals surface area contributed by atoms with Crippen LogP contribution in [0.3, 0.4) is 0 Å². The van der Waals surface area contributed by atoms with E-state index in [1.807, 2.05) is 30.3 Å². The van der Waals surface area contributed by atoms with Crippen molar-refractivity contribution in [3.63, 3.8) is 0 Å². The van der Waals surface area contributed by atoms with Crippen LogP contribution < -0.4 is 0 Å². The number of likely N-dealkylation sites (tertiary alicyclic amines) is 1. The molecular formula is C15H19NO5. The fourth-order valence-electron chi connectivity index (χ4n) is 2.23. The molecule has 2 atom stereocenters. The molecular weight excluding hydrogens is 274 g/mol. The third-order valence-corrected chi connectivity index (χ3v) is 3.34. The second-order valence-corrected chi connectivity index (χ2v) is 4.87. The third-order valence-electron chi connectivity index (χ3n) is 3.34. The largest absolute Gasteiger partial charge is 0.466 e. The molecule has 1 aromatic rings. The van der Waals surface area contributed by atoms with Crippen LogP contribution in [-0.4, -0.2) is 47.9 Å². The number of ether oxygens (including phenoxy) is 2. The summed E-state index contributed by atoms with van der Waals surface area (Å²) in [7, 11) is 0. The maximum atomic E-state index is 11.9. The van der Waals surface area contributed by atoms with Crippen molar-refractivity contribution in [1.29, 1.82) is 0 Å². The second kappa shape index (κ2) is 7.08. The monoisotopic (exact) mass is 293 g/mol. The van der Waals surface area contributed by atoms with E-state index in [1.165, 1.54) is 4.90 Å². The number of carbonyl (C=O) groups is 2. The summed E-state index contributed by atoms with van der Waals surface area (Å²) in [5.41, 5.74) is 0.882. The number of benzene rings is 1. The van der Waals surface area contributed by atoms with E-state index < -0.39 is 24.1 Å². The van der Waals surface area contributed by atoms with Gasteiger partial charge in [-0.1, -0.05) is 30.3 Å². The lowest BCUT2D eigenvalue weighted by Gasteiger charge is -2.15. The quantitative estimate of drug-likeness (QED) is 0.844. The molecule has 0 aromatic heterocycles. The van der Waals surface area contributed by atoms with Crippen molar-refractivity contribution in [1.82, 2.24) is 4.90 Å². The van der Waals surface area contributed by atoms with Gasteiger partial charge in [0, 0.05) is 6.54 Å². The summed E-state index contributed by atoms with van der Waals surface area (Å²) in [5, 5.41) is 9.84. The number of amides is 1. The van der Waals surface area contributed by atoms with Crippen LogP contribution in [0, 0.1) is 5.92 Å². The van der Waals surface area contributed by atoms with Crippen LogP contribution in [-0.2, 0) is 20.9 Å². The number of aliphatic hydroxyl groups is 1. The molecule has 0 saturated carbocycles. The second-order valence-electron chi connectivity index (χ2n) is 4.87. The Morgan fingerprint density at radius 3 is 2.62 bits per heavy atom. The van der Waals surface area contributed by atoms with Crippen molar-refractivity contribution in [2.75, 3.05) is 19.7 Å². The van der Waals surface area contributed by atoms with Gasteiger partial charge in [-0.15, -0.1) is 0 Å². The first-order chi connectivity index (χ1) is 10.1. The molecule has 114 valence electrons. The molecule has 1 fully saturated rings. The minimum atomic E-state index is -0.909. The lowest BCUT2D eigenvalue weighted by Crippen LogP contribution is -2.30. The SMILES string of the molecule is CCOC(=O)[C@H]1CN(C(=O)OCc2ccccc2)C[C@@H]1O. The first-order valence-corrected chi connectivity index (χ1v) is 6.92. The molecule has 1 amide bonds. The average molecular weight is 293 g/mol. The molecule has 1 heterocycles. The van der Waals surface area contributed by atoms with Crippen LogP contribution in [0.25, 0.3) is 0 Å². The molecule has 1 aromatic carbocycles. The maximum Gasteiger partial charge on any atom is 0.410 e. The average Bonchev–Trinajstić information content (AvgIpc) is 2.88. The van der Waals surface area contributed by atoms with E-state index in [-0.39, 0.29) is 26.3 Å². The molecule has 0 unspecified atom stereocenters. The lowest BCUT2D eigenvalue weighted by atomic mass is 10.1. The molecule has 6 heteroatoms. The molecule has 1 aliphatic rings. The highest BCUT2D eigenvalue weighted by Gasteiger charge is 2.40. The Kier molecular flexibility index (Phi) is 5.16. The lowest BCUT2D eigenvalue weighted by molar-refractivity contribution is -0.150. The fraction of sp³-hybridized carbons (Fsp3) is 0.467. The standard InChI is InChI=1S/C15H19NO5/c1-2-20-14(18)12-8-16(9-13(12)17)15(19)21-10-11-6-4-3-5-7-11/h3-7,12-13,17H,2,8-10H2,1H3/t12-,13-/m0/s1. The van der Waals surface area contributed by atoms with E-state index in [4.69, 9.17) is 9.47 Å². The van der Waals surface area contributed by atoms with Gasteiger partial charge in [0.25, 0.3) is 0 Å². The van der Waals surface area contributed by atoms with Gasteiger partial charge >= 0.3 is 12.1 Å². The Bertz CT molecular complexity index is 490. The number of esters is 1. The topological polar surface area (TPSA) is 76.1 Å². The van der Waals surface area contributed by atoms with Crippen molar-refractivity contribution in [3.8, 4) is 0 Å². The molecule has 6 nitrogen and oxygen atoms in total. The minimum absolute atomic E-state index is 0.0805. The number of nitrogens with zero attached hydrogens (tertiary/aromatic N) is 1.